The van der Waals surface area contributed by atoms with E-state index in [2.05, 4.69) is 16.0 Å². The molecule has 1 atom stereocenters. The van der Waals surface area contributed by atoms with Gasteiger partial charge < -0.3 is 21.7 Å². The number of carbonyl (C=O) groups is 2. The molecular weight excluding hydrogens is 448 g/mol. The van der Waals surface area contributed by atoms with Crippen LogP contribution in [0.3, 0.4) is 0 Å². The molecule has 1 aliphatic heterocycles. The van der Waals surface area contributed by atoms with Crippen molar-refractivity contribution in [1.82, 2.24) is 5.32 Å². The van der Waals surface area contributed by atoms with Crippen molar-refractivity contribution in [2.45, 2.75) is 25.8 Å². The Balaban J connectivity index is 1.59. The Kier molecular flexibility index (Phi) is 7.30. The number of carbonyl (C=O) groups excluding carboxylic acids is 2. The lowest BCUT2D eigenvalue weighted by Gasteiger charge is -2.16. The van der Waals surface area contributed by atoms with E-state index in [0.717, 1.165) is 35.2 Å². The lowest BCUT2D eigenvalue weighted by atomic mass is 9.99. The summed E-state index contributed by atoms with van der Waals surface area (Å²) in [4.78, 5) is 24.0. The van der Waals surface area contributed by atoms with Gasteiger partial charge in [0.15, 0.2) is 0 Å². The molecule has 0 bridgehead atoms. The molecule has 3 aromatic carbocycles. The second-order valence-electron chi connectivity index (χ2n) is 8.24. The first-order valence-corrected chi connectivity index (χ1v) is 11.6. The van der Waals surface area contributed by atoms with Crippen molar-refractivity contribution in [2.24, 2.45) is 5.73 Å². The summed E-state index contributed by atoms with van der Waals surface area (Å²) in [5.41, 5.74) is 11.9. The van der Waals surface area contributed by atoms with Crippen LogP contribution in [0, 0.1) is 0 Å². The van der Waals surface area contributed by atoms with Gasteiger partial charge in [0.1, 0.15) is 0 Å². The lowest BCUT2D eigenvalue weighted by molar-refractivity contribution is -0.119. The van der Waals surface area contributed by atoms with Crippen LogP contribution in [0.2, 0.25) is 5.02 Å². The number of amides is 2. The molecule has 1 heterocycles. The van der Waals surface area contributed by atoms with Gasteiger partial charge in [0, 0.05) is 35.8 Å². The normalized spacial score (nSPS) is 14.7. The van der Waals surface area contributed by atoms with Crippen molar-refractivity contribution in [3.63, 3.8) is 0 Å². The van der Waals surface area contributed by atoms with Crippen LogP contribution in [0.25, 0.3) is 11.3 Å². The summed E-state index contributed by atoms with van der Waals surface area (Å²) in [5.74, 6) is -0.213. The second-order valence-corrected chi connectivity index (χ2v) is 8.68. The van der Waals surface area contributed by atoms with Crippen LogP contribution in [-0.2, 0) is 9.59 Å². The summed E-state index contributed by atoms with van der Waals surface area (Å²) in [7, 11) is 0. The Labute approximate surface area is 204 Å². The highest BCUT2D eigenvalue weighted by molar-refractivity contribution is 6.38. The van der Waals surface area contributed by atoms with Crippen LogP contribution in [0.4, 0.5) is 11.4 Å². The van der Waals surface area contributed by atoms with Gasteiger partial charge in [0.05, 0.1) is 17.0 Å². The third-order valence-electron chi connectivity index (χ3n) is 5.71. The molecule has 1 aliphatic rings. The maximum absolute atomic E-state index is 13.0. The molecular formula is C27H27ClN4O2. The molecule has 2 amide bonds. The van der Waals surface area contributed by atoms with Gasteiger partial charge >= 0.3 is 0 Å². The molecule has 0 radical (unpaired) electrons. The molecule has 4 rings (SSSR count). The number of nitrogens with one attached hydrogen (secondary N) is 3. The van der Waals surface area contributed by atoms with Gasteiger partial charge in [-0.05, 0) is 48.2 Å². The van der Waals surface area contributed by atoms with E-state index in [4.69, 9.17) is 17.3 Å². The fraction of sp³-hybridized carbons (Fsp3) is 0.185. The van der Waals surface area contributed by atoms with Crippen molar-refractivity contribution in [1.29, 1.82) is 0 Å². The standard InChI is InChI=1S/C27H27ClN4O2/c1-17(33)30-15-5-8-23(29)18-9-12-21(13-10-18)31-26(19-6-3-2-4-7-19)25-22-14-11-20(28)16-24(22)32-27(25)34/h2-4,6-7,9-14,16,23,31H,5,8,15,29H2,1H3,(H,30,33)(H,32,34). The topological polar surface area (TPSA) is 96.2 Å². The molecule has 6 nitrogen and oxygen atoms in total. The smallest absolute Gasteiger partial charge is 0.258 e. The van der Waals surface area contributed by atoms with E-state index in [9.17, 15) is 9.59 Å². The summed E-state index contributed by atoms with van der Waals surface area (Å²) in [6.45, 7) is 2.12. The zero-order valence-electron chi connectivity index (χ0n) is 18.9. The molecule has 0 saturated carbocycles. The van der Waals surface area contributed by atoms with E-state index in [-0.39, 0.29) is 17.9 Å². The number of hydrogen-bond acceptors (Lipinski definition) is 4. The Morgan fingerprint density at radius 1 is 1.06 bits per heavy atom. The zero-order valence-corrected chi connectivity index (χ0v) is 19.7. The van der Waals surface area contributed by atoms with Gasteiger partial charge in [0.25, 0.3) is 5.91 Å². The first kappa shape index (κ1) is 23.5. The minimum atomic E-state index is -0.179. The van der Waals surface area contributed by atoms with Gasteiger partial charge in [-0.25, -0.2) is 0 Å². The SMILES string of the molecule is CC(=O)NCCCC(N)c1ccc(NC(=C2C(=O)Nc3cc(Cl)ccc32)c2ccccc2)cc1. The predicted molar refractivity (Wildman–Crippen MR) is 138 cm³/mol. The molecule has 0 fully saturated rings. The van der Waals surface area contributed by atoms with Gasteiger partial charge in [-0.3, -0.25) is 9.59 Å². The quantitative estimate of drug-likeness (QED) is 0.267. The molecule has 34 heavy (non-hydrogen) atoms. The lowest BCUT2D eigenvalue weighted by Crippen LogP contribution is -2.22. The second kappa shape index (κ2) is 10.5. The van der Waals surface area contributed by atoms with Crippen molar-refractivity contribution in [2.75, 3.05) is 17.2 Å². The number of hydrogen-bond donors (Lipinski definition) is 4. The van der Waals surface area contributed by atoms with E-state index in [1.54, 1.807) is 12.1 Å². The molecule has 0 spiro atoms. The Hall–Kier alpha value is -3.61. The fourth-order valence-corrected chi connectivity index (χ4v) is 4.16. The molecule has 1 unspecified atom stereocenters. The van der Waals surface area contributed by atoms with Crippen LogP contribution >= 0.6 is 11.6 Å². The van der Waals surface area contributed by atoms with Crippen LogP contribution in [0.15, 0.2) is 72.8 Å². The van der Waals surface area contributed by atoms with E-state index in [1.165, 1.54) is 6.92 Å². The monoisotopic (exact) mass is 474 g/mol. The maximum atomic E-state index is 13.0. The van der Waals surface area contributed by atoms with Crippen LogP contribution in [0.5, 0.6) is 0 Å². The van der Waals surface area contributed by atoms with Crippen LogP contribution < -0.4 is 21.7 Å². The Morgan fingerprint density at radius 2 is 1.79 bits per heavy atom. The summed E-state index contributed by atoms with van der Waals surface area (Å²) < 4.78 is 0. The predicted octanol–water partition coefficient (Wildman–Crippen LogP) is 5.19. The van der Waals surface area contributed by atoms with Gasteiger partial charge in [0.2, 0.25) is 5.91 Å². The number of rotatable bonds is 8. The number of halogens is 1. The van der Waals surface area contributed by atoms with E-state index < -0.39 is 0 Å². The average Bonchev–Trinajstić information content (AvgIpc) is 3.15. The first-order valence-electron chi connectivity index (χ1n) is 11.2. The number of benzene rings is 3. The Morgan fingerprint density at radius 3 is 2.50 bits per heavy atom. The first-order chi connectivity index (χ1) is 16.4. The highest BCUT2D eigenvalue weighted by Gasteiger charge is 2.28. The molecule has 5 N–H and O–H groups in total. The summed E-state index contributed by atoms with van der Waals surface area (Å²) >= 11 is 6.13. The highest BCUT2D eigenvalue weighted by Crippen LogP contribution is 2.38. The van der Waals surface area contributed by atoms with Crippen molar-refractivity contribution in [3.8, 4) is 0 Å². The van der Waals surface area contributed by atoms with Crippen molar-refractivity contribution < 1.29 is 9.59 Å². The van der Waals surface area contributed by atoms with Gasteiger partial charge in [-0.2, -0.15) is 0 Å². The molecule has 0 saturated heterocycles. The van der Waals surface area contributed by atoms with Gasteiger partial charge in [-0.1, -0.05) is 60.1 Å². The summed E-state index contributed by atoms with van der Waals surface area (Å²) in [5, 5.41) is 9.72. The van der Waals surface area contributed by atoms with Crippen molar-refractivity contribution in [3.05, 3.63) is 94.5 Å². The van der Waals surface area contributed by atoms with Crippen LogP contribution in [0.1, 0.15) is 42.5 Å². The zero-order chi connectivity index (χ0) is 24.1. The molecule has 0 aromatic heterocycles. The number of fused-ring (bicyclic) bond motifs is 1. The number of anilines is 2. The largest absolute Gasteiger partial charge is 0.356 e. The minimum Gasteiger partial charge on any atom is -0.356 e. The fourth-order valence-electron chi connectivity index (χ4n) is 3.99. The minimum absolute atomic E-state index is 0.0333. The third-order valence-corrected chi connectivity index (χ3v) is 5.95. The molecule has 3 aromatic rings. The van der Waals surface area contributed by atoms with E-state index in [0.29, 0.717) is 28.5 Å². The molecule has 7 heteroatoms. The highest BCUT2D eigenvalue weighted by atomic mass is 35.5. The molecule has 174 valence electrons. The summed E-state index contributed by atoms with van der Waals surface area (Å²) in [6, 6.07) is 22.9. The van der Waals surface area contributed by atoms with Crippen molar-refractivity contribution >= 4 is 46.1 Å². The Bertz CT molecular complexity index is 1220. The average molecular weight is 475 g/mol. The van der Waals surface area contributed by atoms with E-state index >= 15 is 0 Å². The van der Waals surface area contributed by atoms with E-state index in [1.807, 2.05) is 60.7 Å². The maximum Gasteiger partial charge on any atom is 0.258 e. The summed E-state index contributed by atoms with van der Waals surface area (Å²) in [6.07, 6.45) is 1.58. The third kappa shape index (κ3) is 5.47. The number of nitrogens with two attached hydrogens (primary N) is 1. The van der Waals surface area contributed by atoms with Crippen LogP contribution in [-0.4, -0.2) is 18.4 Å². The van der Waals surface area contributed by atoms with Gasteiger partial charge in [-0.15, -0.1) is 0 Å². The molecule has 0 aliphatic carbocycles.